The van der Waals surface area contributed by atoms with E-state index in [1.807, 2.05) is 0 Å². The van der Waals surface area contributed by atoms with Gasteiger partial charge in [0.15, 0.2) is 6.61 Å². The second kappa shape index (κ2) is 11.2. The second-order valence-electron chi connectivity index (χ2n) is 6.57. The largest absolute Gasteiger partial charge is 0.497 e. The van der Waals surface area contributed by atoms with Crippen molar-refractivity contribution in [2.45, 2.75) is 0 Å². The molecule has 164 valence electrons. The summed E-state index contributed by atoms with van der Waals surface area (Å²) in [5, 5.41) is 6.72. The highest BCUT2D eigenvalue weighted by molar-refractivity contribution is 5.95. The molecule has 2 N–H and O–H groups in total. The number of nitrogens with one attached hydrogen (secondary N) is 2. The molecular formula is C24H23N3O5. The van der Waals surface area contributed by atoms with Crippen LogP contribution in [-0.2, 0) is 4.79 Å². The van der Waals surface area contributed by atoms with Crippen LogP contribution >= 0.6 is 0 Å². The fourth-order valence-electron chi connectivity index (χ4n) is 2.70. The first-order valence-corrected chi connectivity index (χ1v) is 9.71. The molecule has 3 aromatic rings. The van der Waals surface area contributed by atoms with Crippen LogP contribution in [0, 0.1) is 0 Å². The maximum absolute atomic E-state index is 12.2. The molecular weight excluding hydrogens is 410 g/mol. The van der Waals surface area contributed by atoms with Gasteiger partial charge in [0.25, 0.3) is 11.8 Å². The normalized spacial score (nSPS) is 10.4. The van der Waals surface area contributed by atoms with E-state index in [1.165, 1.54) is 13.3 Å². The van der Waals surface area contributed by atoms with Gasteiger partial charge < -0.3 is 19.5 Å². The van der Waals surface area contributed by atoms with Crippen molar-refractivity contribution in [1.82, 2.24) is 5.43 Å². The number of anilines is 1. The van der Waals surface area contributed by atoms with Crippen molar-refractivity contribution < 1.29 is 23.8 Å². The Morgan fingerprint density at radius 3 is 2.34 bits per heavy atom. The monoisotopic (exact) mass is 433 g/mol. The number of benzene rings is 3. The summed E-state index contributed by atoms with van der Waals surface area (Å²) in [6.07, 6.45) is 1.49. The number of rotatable bonds is 9. The molecule has 0 aliphatic heterocycles. The Morgan fingerprint density at radius 2 is 1.59 bits per heavy atom. The van der Waals surface area contributed by atoms with Crippen LogP contribution in [0.5, 0.6) is 17.2 Å². The molecule has 0 saturated carbocycles. The topological polar surface area (TPSA) is 98.3 Å². The summed E-state index contributed by atoms with van der Waals surface area (Å²) in [4.78, 5) is 24.3. The number of hydrazone groups is 1. The Hall–Kier alpha value is -4.33. The summed E-state index contributed by atoms with van der Waals surface area (Å²) in [6.45, 7) is -0.154. The molecule has 2 amide bonds. The molecule has 0 aromatic heterocycles. The lowest BCUT2D eigenvalue weighted by Gasteiger charge is -2.08. The minimum absolute atomic E-state index is 0.154. The highest BCUT2D eigenvalue weighted by atomic mass is 16.5. The van der Waals surface area contributed by atoms with Gasteiger partial charge in [-0.25, -0.2) is 5.43 Å². The first-order chi connectivity index (χ1) is 15.6. The highest BCUT2D eigenvalue weighted by Gasteiger charge is 2.06. The predicted octanol–water partition coefficient (Wildman–Crippen LogP) is 3.49. The average Bonchev–Trinajstić information content (AvgIpc) is 2.83. The van der Waals surface area contributed by atoms with Gasteiger partial charge in [-0.05, 0) is 60.2 Å². The standard InChI is InChI=1S/C24H23N3O5/c1-30-20-11-9-19(10-12-20)26-23(28)16-32-22-8-3-5-17(13-22)15-25-27-24(29)18-6-4-7-21(14-18)31-2/h3-15H,16H2,1-2H3,(H,26,28)(H,27,29)/b25-15+. The number of amides is 2. The maximum Gasteiger partial charge on any atom is 0.271 e. The number of carbonyl (C=O) groups is 2. The Bertz CT molecular complexity index is 1100. The van der Waals surface area contributed by atoms with Crippen LogP contribution in [0.4, 0.5) is 5.69 Å². The summed E-state index contributed by atoms with van der Waals surface area (Å²) in [6, 6.07) is 20.8. The number of ether oxygens (including phenoxy) is 3. The molecule has 0 heterocycles. The summed E-state index contributed by atoms with van der Waals surface area (Å²) in [5.74, 6) is 1.14. The third kappa shape index (κ3) is 6.60. The molecule has 0 bridgehead atoms. The smallest absolute Gasteiger partial charge is 0.271 e. The summed E-state index contributed by atoms with van der Waals surface area (Å²) < 4.78 is 15.7. The van der Waals surface area contributed by atoms with Crippen molar-refractivity contribution in [3.8, 4) is 17.2 Å². The first kappa shape index (κ1) is 22.4. The molecule has 0 aliphatic carbocycles. The average molecular weight is 433 g/mol. The first-order valence-electron chi connectivity index (χ1n) is 9.71. The lowest BCUT2D eigenvalue weighted by molar-refractivity contribution is -0.118. The third-order valence-electron chi connectivity index (χ3n) is 4.31. The Labute approximate surface area is 185 Å². The van der Waals surface area contributed by atoms with E-state index in [2.05, 4.69) is 15.8 Å². The molecule has 0 atom stereocenters. The number of hydrogen-bond acceptors (Lipinski definition) is 6. The molecule has 32 heavy (non-hydrogen) atoms. The zero-order valence-corrected chi connectivity index (χ0v) is 17.7. The molecule has 0 saturated heterocycles. The molecule has 0 fully saturated rings. The van der Waals surface area contributed by atoms with E-state index in [0.29, 0.717) is 34.1 Å². The Balaban J connectivity index is 1.50. The summed E-state index contributed by atoms with van der Waals surface area (Å²) in [7, 11) is 3.11. The predicted molar refractivity (Wildman–Crippen MR) is 122 cm³/mol. The molecule has 0 radical (unpaired) electrons. The highest BCUT2D eigenvalue weighted by Crippen LogP contribution is 2.16. The van der Waals surface area contributed by atoms with Gasteiger partial charge in [-0.1, -0.05) is 18.2 Å². The molecule has 3 rings (SSSR count). The van der Waals surface area contributed by atoms with Crippen LogP contribution in [0.3, 0.4) is 0 Å². The lowest BCUT2D eigenvalue weighted by Crippen LogP contribution is -2.20. The van der Waals surface area contributed by atoms with Crippen LogP contribution in [0.15, 0.2) is 77.9 Å². The fraction of sp³-hybridized carbons (Fsp3) is 0.125. The van der Waals surface area contributed by atoms with Crippen LogP contribution in [0.2, 0.25) is 0 Å². The Morgan fingerprint density at radius 1 is 0.875 bits per heavy atom. The van der Waals surface area contributed by atoms with Gasteiger partial charge in [0.05, 0.1) is 20.4 Å². The van der Waals surface area contributed by atoms with Gasteiger partial charge in [-0.3, -0.25) is 9.59 Å². The number of nitrogens with zero attached hydrogens (tertiary/aromatic N) is 1. The maximum atomic E-state index is 12.2. The van der Waals surface area contributed by atoms with E-state index in [0.717, 1.165) is 0 Å². The van der Waals surface area contributed by atoms with Crippen molar-refractivity contribution >= 4 is 23.7 Å². The quantitative estimate of drug-likeness (QED) is 0.398. The van der Waals surface area contributed by atoms with Crippen LogP contribution in [0.25, 0.3) is 0 Å². The van der Waals surface area contributed by atoms with Gasteiger partial charge in [-0.2, -0.15) is 5.10 Å². The zero-order chi connectivity index (χ0) is 22.8. The zero-order valence-electron chi connectivity index (χ0n) is 17.7. The van der Waals surface area contributed by atoms with Crippen molar-refractivity contribution in [1.29, 1.82) is 0 Å². The number of methoxy groups -OCH3 is 2. The molecule has 0 aliphatic rings. The van der Waals surface area contributed by atoms with E-state index in [9.17, 15) is 9.59 Å². The number of hydrogen-bond donors (Lipinski definition) is 2. The minimum Gasteiger partial charge on any atom is -0.497 e. The van der Waals surface area contributed by atoms with Crippen LogP contribution < -0.4 is 25.0 Å². The SMILES string of the molecule is COc1ccc(NC(=O)COc2cccc(/C=N/NC(=O)c3cccc(OC)c3)c2)cc1. The molecule has 3 aromatic carbocycles. The minimum atomic E-state index is -0.359. The van der Waals surface area contributed by atoms with Gasteiger partial charge in [0.2, 0.25) is 0 Å². The van der Waals surface area contributed by atoms with Gasteiger partial charge in [-0.15, -0.1) is 0 Å². The van der Waals surface area contributed by atoms with Gasteiger partial charge >= 0.3 is 0 Å². The van der Waals surface area contributed by atoms with Crippen LogP contribution in [-0.4, -0.2) is 38.9 Å². The lowest BCUT2D eigenvalue weighted by atomic mass is 10.2. The third-order valence-corrected chi connectivity index (χ3v) is 4.31. The second-order valence-corrected chi connectivity index (χ2v) is 6.57. The fourth-order valence-corrected chi connectivity index (χ4v) is 2.70. The molecule has 0 spiro atoms. The van der Waals surface area contributed by atoms with E-state index in [1.54, 1.807) is 79.9 Å². The van der Waals surface area contributed by atoms with Gasteiger partial charge in [0, 0.05) is 11.3 Å². The molecule has 8 heteroatoms. The van der Waals surface area contributed by atoms with Crippen molar-refractivity contribution in [2.75, 3.05) is 26.1 Å². The molecule has 8 nitrogen and oxygen atoms in total. The van der Waals surface area contributed by atoms with Crippen molar-refractivity contribution in [2.24, 2.45) is 5.10 Å². The van der Waals surface area contributed by atoms with E-state index < -0.39 is 0 Å². The van der Waals surface area contributed by atoms with Crippen molar-refractivity contribution in [3.63, 3.8) is 0 Å². The Kier molecular flexibility index (Phi) is 7.80. The van der Waals surface area contributed by atoms with E-state index >= 15 is 0 Å². The van der Waals surface area contributed by atoms with Crippen molar-refractivity contribution in [3.05, 3.63) is 83.9 Å². The summed E-state index contributed by atoms with van der Waals surface area (Å²) >= 11 is 0. The summed E-state index contributed by atoms with van der Waals surface area (Å²) in [5.41, 5.74) is 4.24. The van der Waals surface area contributed by atoms with E-state index in [-0.39, 0.29) is 18.4 Å². The van der Waals surface area contributed by atoms with Gasteiger partial charge in [0.1, 0.15) is 17.2 Å². The van der Waals surface area contributed by atoms with E-state index in [4.69, 9.17) is 14.2 Å². The number of carbonyl (C=O) groups excluding carboxylic acids is 2. The van der Waals surface area contributed by atoms with Crippen LogP contribution in [0.1, 0.15) is 15.9 Å². The molecule has 0 unspecified atom stereocenters.